The maximum atomic E-state index is 5.84. The Labute approximate surface area is 145 Å². The van der Waals surface area contributed by atoms with Crippen LogP contribution in [0.25, 0.3) is 5.82 Å². The van der Waals surface area contributed by atoms with Crippen LogP contribution in [0, 0.1) is 6.92 Å². The first-order chi connectivity index (χ1) is 12.2. The molecule has 0 aliphatic carbocycles. The smallest absolute Gasteiger partial charge is 0.166 e. The molecule has 1 atom stereocenters. The van der Waals surface area contributed by atoms with Gasteiger partial charge in [-0.15, -0.1) is 0 Å². The number of nitrogens with zero attached hydrogens (tertiary/aromatic N) is 4. The molecule has 1 N–H and O–H groups in total. The third-order valence-corrected chi connectivity index (χ3v) is 4.22. The molecule has 0 fully saturated rings. The molecule has 3 heterocycles. The first kappa shape index (κ1) is 15.4. The zero-order chi connectivity index (χ0) is 17.2. The van der Waals surface area contributed by atoms with Crippen molar-refractivity contribution >= 4 is 5.82 Å². The van der Waals surface area contributed by atoms with E-state index in [9.17, 15) is 0 Å². The van der Waals surface area contributed by atoms with E-state index in [1.807, 2.05) is 22.9 Å². The molecular weight excluding hydrogens is 318 g/mol. The van der Waals surface area contributed by atoms with Crippen LogP contribution >= 0.6 is 0 Å². The molecule has 0 saturated heterocycles. The van der Waals surface area contributed by atoms with E-state index >= 15 is 0 Å². The highest BCUT2D eigenvalue weighted by Gasteiger charge is 2.25. The second-order valence-electron chi connectivity index (χ2n) is 5.95. The Morgan fingerprint density at radius 3 is 3.00 bits per heavy atom. The number of anilines is 1. The number of imidazole rings is 1. The summed E-state index contributed by atoms with van der Waals surface area (Å²) in [6.45, 7) is 2.68. The summed E-state index contributed by atoms with van der Waals surface area (Å²) in [5.41, 5.74) is 2.22. The molecule has 0 saturated carbocycles. The van der Waals surface area contributed by atoms with Gasteiger partial charge in [0.05, 0.1) is 19.8 Å². The van der Waals surface area contributed by atoms with Crippen molar-refractivity contribution < 1.29 is 9.47 Å². The van der Waals surface area contributed by atoms with Gasteiger partial charge in [-0.3, -0.25) is 4.57 Å². The number of fused-ring (bicyclic) bond motifs is 1. The SMILES string of the molecule is COc1cc(C)cc2c1OCC[C@H]2Nc1cc(-n2ccnc2)ncn1. The number of ether oxygens (including phenoxy) is 2. The quantitative estimate of drug-likeness (QED) is 0.789. The van der Waals surface area contributed by atoms with Crippen LogP contribution in [0.4, 0.5) is 5.82 Å². The number of hydrogen-bond acceptors (Lipinski definition) is 6. The normalized spacial score (nSPS) is 16.0. The number of hydrogen-bond donors (Lipinski definition) is 1. The molecule has 7 nitrogen and oxygen atoms in total. The van der Waals surface area contributed by atoms with Gasteiger partial charge in [0.1, 0.15) is 24.3 Å². The van der Waals surface area contributed by atoms with Crippen LogP contribution in [0.3, 0.4) is 0 Å². The molecule has 25 heavy (non-hydrogen) atoms. The lowest BCUT2D eigenvalue weighted by atomic mass is 9.98. The summed E-state index contributed by atoms with van der Waals surface area (Å²) in [6, 6.07) is 6.13. The van der Waals surface area contributed by atoms with E-state index < -0.39 is 0 Å². The van der Waals surface area contributed by atoms with Crippen LogP contribution in [0.15, 0.2) is 43.2 Å². The fourth-order valence-electron chi connectivity index (χ4n) is 3.06. The largest absolute Gasteiger partial charge is 0.493 e. The van der Waals surface area contributed by atoms with Crippen LogP contribution in [-0.4, -0.2) is 33.2 Å². The Morgan fingerprint density at radius 1 is 1.28 bits per heavy atom. The molecule has 2 aromatic heterocycles. The van der Waals surface area contributed by atoms with E-state index in [1.165, 1.54) is 0 Å². The van der Waals surface area contributed by atoms with Crippen LogP contribution < -0.4 is 14.8 Å². The number of aryl methyl sites for hydroxylation is 1. The number of methoxy groups -OCH3 is 1. The lowest BCUT2D eigenvalue weighted by molar-refractivity contribution is 0.257. The lowest BCUT2D eigenvalue weighted by Crippen LogP contribution is -2.21. The highest BCUT2D eigenvalue weighted by atomic mass is 16.5. The van der Waals surface area contributed by atoms with Crippen molar-refractivity contribution in [3.8, 4) is 17.3 Å². The highest BCUT2D eigenvalue weighted by molar-refractivity contribution is 5.54. The lowest BCUT2D eigenvalue weighted by Gasteiger charge is -2.28. The Bertz CT molecular complexity index is 879. The molecule has 0 radical (unpaired) electrons. The Morgan fingerprint density at radius 2 is 2.20 bits per heavy atom. The summed E-state index contributed by atoms with van der Waals surface area (Å²) in [4.78, 5) is 12.7. The molecule has 1 aliphatic rings. The van der Waals surface area contributed by atoms with E-state index in [0.29, 0.717) is 6.61 Å². The maximum Gasteiger partial charge on any atom is 0.166 e. The predicted octanol–water partition coefficient (Wildman–Crippen LogP) is 2.92. The van der Waals surface area contributed by atoms with Crippen LogP contribution in [-0.2, 0) is 0 Å². The molecule has 0 unspecified atom stereocenters. The van der Waals surface area contributed by atoms with Gasteiger partial charge in [-0.1, -0.05) is 6.07 Å². The first-order valence-electron chi connectivity index (χ1n) is 8.13. The number of rotatable bonds is 4. The third-order valence-electron chi connectivity index (χ3n) is 4.22. The van der Waals surface area contributed by atoms with E-state index in [-0.39, 0.29) is 6.04 Å². The van der Waals surface area contributed by atoms with Crippen molar-refractivity contribution in [2.45, 2.75) is 19.4 Å². The highest BCUT2D eigenvalue weighted by Crippen LogP contribution is 2.41. The molecule has 1 aromatic carbocycles. The van der Waals surface area contributed by atoms with Gasteiger partial charge < -0.3 is 14.8 Å². The summed E-state index contributed by atoms with van der Waals surface area (Å²) in [5, 5.41) is 3.50. The van der Waals surface area contributed by atoms with Crippen LogP contribution in [0.2, 0.25) is 0 Å². The van der Waals surface area contributed by atoms with Crippen molar-refractivity contribution in [1.82, 2.24) is 19.5 Å². The van der Waals surface area contributed by atoms with Crippen LogP contribution in [0.5, 0.6) is 11.5 Å². The van der Waals surface area contributed by atoms with E-state index in [4.69, 9.17) is 9.47 Å². The zero-order valence-electron chi connectivity index (χ0n) is 14.1. The molecule has 0 bridgehead atoms. The molecule has 3 aromatic rings. The molecule has 4 rings (SSSR count). The standard InChI is InChI=1S/C18H19N5O2/c1-12-7-13-14(3-6-25-18(13)15(8-12)24-2)22-16-9-17(21-10-20-16)23-5-4-19-11-23/h4-5,7-11,14H,3,6H2,1-2H3,(H,20,21,22)/t14-/m1/s1. The Hall–Kier alpha value is -3.09. The molecular formula is C18H19N5O2. The molecule has 128 valence electrons. The number of nitrogens with one attached hydrogen (secondary N) is 1. The topological polar surface area (TPSA) is 74.1 Å². The molecule has 0 spiro atoms. The molecule has 1 aliphatic heterocycles. The van der Waals surface area contributed by atoms with E-state index in [0.717, 1.165) is 40.7 Å². The van der Waals surface area contributed by atoms with Crippen LogP contribution in [0.1, 0.15) is 23.6 Å². The summed E-state index contributed by atoms with van der Waals surface area (Å²) < 4.78 is 13.2. The summed E-state index contributed by atoms with van der Waals surface area (Å²) in [5.74, 6) is 3.10. The predicted molar refractivity (Wildman–Crippen MR) is 93.4 cm³/mol. The Balaban J connectivity index is 1.65. The van der Waals surface area contributed by atoms with E-state index in [2.05, 4.69) is 33.3 Å². The van der Waals surface area contributed by atoms with Gasteiger partial charge in [-0.25, -0.2) is 15.0 Å². The average Bonchev–Trinajstić information content (AvgIpc) is 3.16. The number of benzene rings is 1. The first-order valence-corrected chi connectivity index (χ1v) is 8.13. The van der Waals surface area contributed by atoms with Gasteiger partial charge in [0.15, 0.2) is 11.5 Å². The minimum atomic E-state index is 0.100. The third kappa shape index (κ3) is 3.00. The van der Waals surface area contributed by atoms with Crippen molar-refractivity contribution in [2.24, 2.45) is 0 Å². The average molecular weight is 337 g/mol. The van der Waals surface area contributed by atoms with Gasteiger partial charge in [-0.05, 0) is 18.6 Å². The summed E-state index contributed by atoms with van der Waals surface area (Å²) in [7, 11) is 1.66. The van der Waals surface area contributed by atoms with Crippen molar-refractivity contribution in [3.05, 3.63) is 54.4 Å². The second kappa shape index (κ2) is 6.43. The molecule has 7 heteroatoms. The van der Waals surface area contributed by atoms with Gasteiger partial charge >= 0.3 is 0 Å². The van der Waals surface area contributed by atoms with E-state index in [1.54, 1.807) is 26.0 Å². The van der Waals surface area contributed by atoms with Gasteiger partial charge in [-0.2, -0.15) is 0 Å². The minimum Gasteiger partial charge on any atom is -0.493 e. The summed E-state index contributed by atoms with van der Waals surface area (Å²) in [6.07, 6.45) is 7.69. The fraction of sp³-hybridized carbons (Fsp3) is 0.278. The van der Waals surface area contributed by atoms with Crippen molar-refractivity contribution in [3.63, 3.8) is 0 Å². The molecule has 0 amide bonds. The van der Waals surface area contributed by atoms with Gasteiger partial charge in [0.2, 0.25) is 0 Å². The van der Waals surface area contributed by atoms with Gasteiger partial charge in [0, 0.05) is 30.4 Å². The monoisotopic (exact) mass is 337 g/mol. The van der Waals surface area contributed by atoms with Gasteiger partial charge in [0.25, 0.3) is 0 Å². The summed E-state index contributed by atoms with van der Waals surface area (Å²) >= 11 is 0. The second-order valence-corrected chi connectivity index (χ2v) is 5.95. The number of aromatic nitrogens is 4. The maximum absolute atomic E-state index is 5.84. The zero-order valence-corrected chi connectivity index (χ0v) is 14.1. The van der Waals surface area contributed by atoms with Crippen molar-refractivity contribution in [1.29, 1.82) is 0 Å². The Kier molecular flexibility index (Phi) is 3.97. The fourth-order valence-corrected chi connectivity index (χ4v) is 3.06. The van der Waals surface area contributed by atoms with Crippen molar-refractivity contribution in [2.75, 3.05) is 19.0 Å². The minimum absolute atomic E-state index is 0.100.